The van der Waals surface area contributed by atoms with E-state index in [0.717, 1.165) is 12.8 Å². The molecule has 3 heteroatoms. The van der Waals surface area contributed by atoms with E-state index in [4.69, 9.17) is 0 Å². The molecule has 0 bridgehead atoms. The van der Waals surface area contributed by atoms with Gasteiger partial charge in [-0.2, -0.15) is 12.1 Å². The maximum Gasteiger partial charge on any atom is 2.00 e. The molecule has 0 aromatic heterocycles. The van der Waals surface area contributed by atoms with Crippen molar-refractivity contribution in [1.82, 2.24) is 5.01 Å². The van der Waals surface area contributed by atoms with Gasteiger partial charge in [-0.1, -0.05) is 19.8 Å². The summed E-state index contributed by atoms with van der Waals surface area (Å²) in [5.74, 6) is 0. The van der Waals surface area contributed by atoms with E-state index in [0.29, 0.717) is 0 Å². The first-order valence-electron chi connectivity index (χ1n) is 5.58. The third kappa shape index (κ3) is 12.1. The van der Waals surface area contributed by atoms with Crippen LogP contribution in [0.15, 0.2) is 11.8 Å². The van der Waals surface area contributed by atoms with Gasteiger partial charge in [0.15, 0.2) is 0 Å². The van der Waals surface area contributed by atoms with Crippen molar-refractivity contribution in [3.63, 3.8) is 0 Å². The molecule has 0 saturated heterocycles. The summed E-state index contributed by atoms with van der Waals surface area (Å²) in [6.45, 7) is 5.72. The monoisotopic (exact) mass is 260 g/mol. The number of allylic oxidation sites excluding steroid dienone is 2. The van der Waals surface area contributed by atoms with Gasteiger partial charge in [0, 0.05) is 0 Å². The summed E-state index contributed by atoms with van der Waals surface area (Å²) in [4.78, 5) is 0. The molecular weight excluding hydrogens is 238 g/mol. The van der Waals surface area contributed by atoms with Crippen molar-refractivity contribution in [2.75, 3.05) is 14.1 Å². The minimum Gasteiger partial charge on any atom is -0.624 e. The molecule has 0 aliphatic heterocycles. The second-order valence-corrected chi connectivity index (χ2v) is 3.74. The van der Waals surface area contributed by atoms with Gasteiger partial charge in [0.25, 0.3) is 0 Å². The van der Waals surface area contributed by atoms with Crippen LogP contribution in [0.25, 0.3) is 5.43 Å². The largest absolute Gasteiger partial charge is 2.00 e. The van der Waals surface area contributed by atoms with Crippen LogP contribution in [0.2, 0.25) is 0 Å². The summed E-state index contributed by atoms with van der Waals surface area (Å²) in [5, 5.41) is 1.87. The van der Waals surface area contributed by atoms with Gasteiger partial charge in [0.1, 0.15) is 0 Å². The van der Waals surface area contributed by atoms with Crippen LogP contribution >= 0.6 is 0 Å². The summed E-state index contributed by atoms with van der Waals surface area (Å²) >= 11 is 0. The van der Waals surface area contributed by atoms with Crippen molar-refractivity contribution in [2.45, 2.75) is 45.4 Å². The molecule has 0 unspecified atom stereocenters. The second-order valence-electron chi connectivity index (χ2n) is 3.74. The molecule has 0 aromatic rings. The first kappa shape index (κ1) is 17.5. The van der Waals surface area contributed by atoms with Crippen molar-refractivity contribution in [3.05, 3.63) is 24.1 Å². The van der Waals surface area contributed by atoms with E-state index in [-0.39, 0.29) is 19.5 Å². The number of hydrogen-bond donors (Lipinski definition) is 0. The van der Waals surface area contributed by atoms with Gasteiger partial charge in [-0.3, -0.25) is 0 Å². The van der Waals surface area contributed by atoms with E-state index >= 15 is 0 Å². The summed E-state index contributed by atoms with van der Waals surface area (Å²) in [6.07, 6.45) is 9.55. The topological polar surface area (TPSA) is 17.3 Å². The number of nitrogens with zero attached hydrogens (tertiary/aromatic N) is 2. The van der Waals surface area contributed by atoms with Gasteiger partial charge < -0.3 is 17.4 Å². The summed E-state index contributed by atoms with van der Waals surface area (Å²) in [5.41, 5.74) is 5.59. The van der Waals surface area contributed by atoms with Crippen LogP contribution < -0.4 is 0 Å². The first-order chi connectivity index (χ1) is 6.70. The Bertz CT molecular complexity index is 154. The molecule has 0 saturated carbocycles. The summed E-state index contributed by atoms with van der Waals surface area (Å²) < 4.78 is 0. The molecule has 15 heavy (non-hydrogen) atoms. The predicted octanol–water partition coefficient (Wildman–Crippen LogP) is 3.91. The van der Waals surface area contributed by atoms with Gasteiger partial charge in [-0.15, -0.1) is 6.08 Å². The molecule has 2 nitrogen and oxygen atoms in total. The zero-order valence-corrected chi connectivity index (χ0v) is 13.6. The smallest absolute Gasteiger partial charge is 0.624 e. The Morgan fingerprint density at radius 1 is 1.40 bits per heavy atom. The minimum absolute atomic E-state index is 0. The standard InChI is InChI=1S/C8H15N2.C4H9.Zn/c1-10(2)9-8-6-4-3-5-7-8;1-3-4-2;/h6H,3-5,7H2,1-2H3;1,3-4H2,2H3;/q2*-1;+2. The molecule has 0 radical (unpaired) electrons. The minimum atomic E-state index is 0. The predicted molar refractivity (Wildman–Crippen MR) is 63.9 cm³/mol. The SMILES string of the molecule is CN(C)[N-]C1=CCCCC1.[CH2-]CCC.[Zn+2]. The van der Waals surface area contributed by atoms with Gasteiger partial charge in [0.05, 0.1) is 0 Å². The molecule has 0 atom stereocenters. The Morgan fingerprint density at radius 2 is 2.00 bits per heavy atom. The number of unbranched alkanes of at least 4 members (excludes halogenated alkanes) is 1. The van der Waals surface area contributed by atoms with Crippen LogP contribution in [0.5, 0.6) is 0 Å². The molecular formula is C12H24N2Zn. The van der Waals surface area contributed by atoms with Crippen molar-refractivity contribution < 1.29 is 19.5 Å². The molecule has 1 aliphatic rings. The van der Waals surface area contributed by atoms with Gasteiger partial charge >= 0.3 is 19.5 Å². The molecule has 0 heterocycles. The Balaban J connectivity index is 0. The van der Waals surface area contributed by atoms with E-state index in [9.17, 15) is 0 Å². The van der Waals surface area contributed by atoms with Crippen LogP contribution in [-0.4, -0.2) is 19.1 Å². The Kier molecular flexibility index (Phi) is 14.2. The number of hydrogen-bond acceptors (Lipinski definition) is 1. The molecule has 0 spiro atoms. The Labute approximate surface area is 108 Å². The van der Waals surface area contributed by atoms with Crippen molar-refractivity contribution in [2.24, 2.45) is 0 Å². The third-order valence-corrected chi connectivity index (χ3v) is 1.95. The fourth-order valence-corrected chi connectivity index (χ4v) is 1.17. The van der Waals surface area contributed by atoms with Crippen molar-refractivity contribution >= 4 is 0 Å². The zero-order chi connectivity index (χ0) is 10.8. The van der Waals surface area contributed by atoms with Gasteiger partial charge in [0.2, 0.25) is 0 Å². The fourth-order valence-electron chi connectivity index (χ4n) is 1.17. The molecule has 0 amide bonds. The summed E-state index contributed by atoms with van der Waals surface area (Å²) in [6, 6.07) is 0. The summed E-state index contributed by atoms with van der Waals surface area (Å²) in [7, 11) is 3.94. The maximum absolute atomic E-state index is 4.33. The Hall–Kier alpha value is 0.123. The van der Waals surface area contributed by atoms with E-state index < -0.39 is 0 Å². The average molecular weight is 262 g/mol. The fraction of sp³-hybridized carbons (Fsp3) is 0.750. The van der Waals surface area contributed by atoms with Gasteiger partial charge in [-0.25, -0.2) is 0 Å². The van der Waals surface area contributed by atoms with Crippen LogP contribution in [0.4, 0.5) is 0 Å². The second kappa shape index (κ2) is 12.2. The van der Waals surface area contributed by atoms with E-state index in [1.54, 1.807) is 0 Å². The number of rotatable bonds is 3. The Morgan fingerprint density at radius 3 is 2.33 bits per heavy atom. The molecule has 0 N–H and O–H groups in total. The third-order valence-electron chi connectivity index (χ3n) is 1.95. The van der Waals surface area contributed by atoms with Crippen LogP contribution in [0.3, 0.4) is 0 Å². The van der Waals surface area contributed by atoms with Crippen LogP contribution in [0.1, 0.15) is 45.4 Å². The molecule has 84 valence electrons. The van der Waals surface area contributed by atoms with Gasteiger partial charge in [-0.05, 0) is 33.4 Å². The molecule has 1 aliphatic carbocycles. The van der Waals surface area contributed by atoms with Crippen molar-refractivity contribution in [3.8, 4) is 0 Å². The molecule has 1 rings (SSSR count). The molecule has 0 fully saturated rings. The maximum atomic E-state index is 4.33. The van der Waals surface area contributed by atoms with E-state index in [2.05, 4.69) is 25.3 Å². The van der Waals surface area contributed by atoms with Crippen LogP contribution in [-0.2, 0) is 19.5 Å². The zero-order valence-electron chi connectivity index (χ0n) is 10.6. The normalized spacial score (nSPS) is 14.6. The average Bonchev–Trinajstić information content (AvgIpc) is 2.19. The van der Waals surface area contributed by atoms with Crippen molar-refractivity contribution in [1.29, 1.82) is 0 Å². The van der Waals surface area contributed by atoms with E-state index in [1.807, 2.05) is 19.1 Å². The van der Waals surface area contributed by atoms with E-state index in [1.165, 1.54) is 31.4 Å². The quantitative estimate of drug-likeness (QED) is 0.428. The molecule has 0 aromatic carbocycles. The first-order valence-corrected chi connectivity index (χ1v) is 5.58. The van der Waals surface area contributed by atoms with Crippen LogP contribution in [0, 0.1) is 6.92 Å².